The van der Waals surface area contributed by atoms with Crippen molar-refractivity contribution in [3.05, 3.63) is 54.1 Å². The molecule has 0 aliphatic heterocycles. The van der Waals surface area contributed by atoms with E-state index < -0.39 is 22.5 Å². The maximum atomic E-state index is 12.3. The van der Waals surface area contributed by atoms with E-state index >= 15 is 0 Å². The summed E-state index contributed by atoms with van der Waals surface area (Å²) in [5.41, 5.74) is 2.20. The zero-order valence-corrected chi connectivity index (χ0v) is 17.1. The van der Waals surface area contributed by atoms with Gasteiger partial charge in [-0.25, -0.2) is 8.42 Å². The number of benzene rings is 2. The van der Waals surface area contributed by atoms with Crippen LogP contribution in [0.25, 0.3) is 10.9 Å². The number of azo groups is 1. The number of aromatic hydroxyl groups is 1. The first-order valence-corrected chi connectivity index (χ1v) is 10.8. The van der Waals surface area contributed by atoms with Crippen molar-refractivity contribution < 1.29 is 18.3 Å². The van der Waals surface area contributed by atoms with Crippen molar-refractivity contribution in [2.45, 2.75) is 19.8 Å². The van der Waals surface area contributed by atoms with E-state index in [9.17, 15) is 18.3 Å². The molecule has 3 rings (SSSR count). The lowest BCUT2D eigenvalue weighted by atomic mass is 10.0. The van der Waals surface area contributed by atoms with Gasteiger partial charge < -0.3 is 10.1 Å². The van der Waals surface area contributed by atoms with Crippen molar-refractivity contribution in [3.8, 4) is 5.88 Å². The SMILES string of the molecule is CC(C)c1ccc(N(CC(=O)N=Nc2c(O)[nH]c3ccccc23)S(C)(=O)=O)cc1. The topological polar surface area (TPSA) is 115 Å². The molecule has 0 bridgehead atoms. The summed E-state index contributed by atoms with van der Waals surface area (Å²) in [6, 6.07) is 14.0. The highest BCUT2D eigenvalue weighted by atomic mass is 32.2. The zero-order valence-electron chi connectivity index (χ0n) is 16.3. The minimum atomic E-state index is -3.71. The number of anilines is 1. The monoisotopic (exact) mass is 414 g/mol. The third kappa shape index (κ3) is 4.62. The molecule has 0 aliphatic rings. The predicted octanol–water partition coefficient (Wildman–Crippen LogP) is 4.07. The Morgan fingerprint density at radius 2 is 1.79 bits per heavy atom. The third-order valence-corrected chi connectivity index (χ3v) is 5.59. The van der Waals surface area contributed by atoms with Crippen LogP contribution in [0.4, 0.5) is 11.4 Å². The molecule has 8 nitrogen and oxygen atoms in total. The van der Waals surface area contributed by atoms with E-state index in [0.29, 0.717) is 22.5 Å². The van der Waals surface area contributed by atoms with Gasteiger partial charge in [0.25, 0.3) is 5.91 Å². The summed E-state index contributed by atoms with van der Waals surface area (Å²) >= 11 is 0. The lowest BCUT2D eigenvalue weighted by Gasteiger charge is -2.21. The van der Waals surface area contributed by atoms with Gasteiger partial charge in [-0.1, -0.05) is 44.2 Å². The first kappa shape index (κ1) is 20.5. The van der Waals surface area contributed by atoms with Crippen molar-refractivity contribution in [1.29, 1.82) is 0 Å². The highest BCUT2D eigenvalue weighted by Gasteiger charge is 2.21. The summed E-state index contributed by atoms with van der Waals surface area (Å²) in [6.07, 6.45) is 1.03. The van der Waals surface area contributed by atoms with E-state index in [4.69, 9.17) is 0 Å². The zero-order chi connectivity index (χ0) is 21.2. The molecule has 0 saturated carbocycles. The van der Waals surface area contributed by atoms with Crippen LogP contribution in [0.3, 0.4) is 0 Å². The molecule has 3 aromatic rings. The summed E-state index contributed by atoms with van der Waals surface area (Å²) < 4.78 is 25.4. The lowest BCUT2D eigenvalue weighted by molar-refractivity contribution is -0.116. The molecule has 2 aromatic carbocycles. The number of amides is 1. The molecule has 0 radical (unpaired) electrons. The van der Waals surface area contributed by atoms with E-state index in [1.807, 2.05) is 26.0 Å². The Kier molecular flexibility index (Phi) is 5.69. The standard InChI is InChI=1S/C20H22N4O4S/c1-13(2)14-8-10-15(11-9-14)24(29(3,27)28)12-18(25)22-23-19-16-6-4-5-7-17(16)21-20(19)26/h4-11,13,21,26H,12H2,1-3H3. The van der Waals surface area contributed by atoms with Crippen molar-refractivity contribution in [1.82, 2.24) is 4.98 Å². The molecule has 29 heavy (non-hydrogen) atoms. The van der Waals surface area contributed by atoms with Crippen LogP contribution in [-0.2, 0) is 14.8 Å². The van der Waals surface area contributed by atoms with Crippen LogP contribution in [-0.4, -0.2) is 37.2 Å². The number of aromatic amines is 1. The minimum absolute atomic E-state index is 0.126. The maximum absolute atomic E-state index is 12.3. The van der Waals surface area contributed by atoms with E-state index in [1.54, 1.807) is 36.4 Å². The van der Waals surface area contributed by atoms with Crippen LogP contribution < -0.4 is 4.31 Å². The van der Waals surface area contributed by atoms with E-state index in [1.165, 1.54) is 0 Å². The lowest BCUT2D eigenvalue weighted by Crippen LogP contribution is -2.34. The molecule has 0 atom stereocenters. The Labute approximate surface area is 168 Å². The van der Waals surface area contributed by atoms with Crippen LogP contribution >= 0.6 is 0 Å². The molecule has 152 valence electrons. The van der Waals surface area contributed by atoms with Gasteiger partial charge in [0, 0.05) is 5.39 Å². The van der Waals surface area contributed by atoms with Crippen molar-refractivity contribution in [3.63, 3.8) is 0 Å². The van der Waals surface area contributed by atoms with Crippen molar-refractivity contribution >= 4 is 38.2 Å². The average molecular weight is 414 g/mol. The molecule has 1 amide bonds. The van der Waals surface area contributed by atoms with Crippen LogP contribution in [0.1, 0.15) is 25.3 Å². The van der Waals surface area contributed by atoms with Crippen LogP contribution in [0.2, 0.25) is 0 Å². The van der Waals surface area contributed by atoms with E-state index in [2.05, 4.69) is 15.2 Å². The number of carbonyl (C=O) groups is 1. The first-order valence-electron chi connectivity index (χ1n) is 8.98. The number of para-hydroxylation sites is 1. The Bertz CT molecular complexity index is 1160. The normalized spacial score (nSPS) is 12.1. The van der Waals surface area contributed by atoms with Gasteiger partial charge in [-0.15, -0.1) is 10.2 Å². The second kappa shape index (κ2) is 8.04. The Hall–Kier alpha value is -3.20. The Morgan fingerprint density at radius 3 is 2.41 bits per heavy atom. The second-order valence-corrected chi connectivity index (χ2v) is 8.88. The largest absolute Gasteiger partial charge is 0.493 e. The molecular weight excluding hydrogens is 392 g/mol. The van der Waals surface area contributed by atoms with Crippen LogP contribution in [0.15, 0.2) is 58.8 Å². The number of H-pyrrole nitrogens is 1. The van der Waals surface area contributed by atoms with E-state index in [-0.39, 0.29) is 11.6 Å². The number of carbonyl (C=O) groups excluding carboxylic acids is 1. The van der Waals surface area contributed by atoms with Crippen molar-refractivity contribution in [2.75, 3.05) is 17.1 Å². The number of rotatable bonds is 6. The van der Waals surface area contributed by atoms with Gasteiger partial charge >= 0.3 is 0 Å². The highest BCUT2D eigenvalue weighted by Crippen LogP contribution is 2.35. The summed E-state index contributed by atoms with van der Waals surface area (Å²) in [5, 5.41) is 18.0. The summed E-state index contributed by atoms with van der Waals surface area (Å²) in [4.78, 5) is 15.1. The molecule has 0 fully saturated rings. The highest BCUT2D eigenvalue weighted by molar-refractivity contribution is 7.92. The van der Waals surface area contributed by atoms with Gasteiger partial charge in [-0.3, -0.25) is 9.10 Å². The fourth-order valence-electron chi connectivity index (χ4n) is 2.90. The minimum Gasteiger partial charge on any atom is -0.493 e. The van der Waals surface area contributed by atoms with Gasteiger partial charge in [0.2, 0.25) is 15.9 Å². The van der Waals surface area contributed by atoms with Crippen LogP contribution in [0.5, 0.6) is 5.88 Å². The molecule has 0 saturated heterocycles. The van der Waals surface area contributed by atoms with Crippen molar-refractivity contribution in [2.24, 2.45) is 10.2 Å². The first-order chi connectivity index (χ1) is 13.7. The molecule has 0 spiro atoms. The van der Waals surface area contributed by atoms with Gasteiger partial charge in [-0.05, 0) is 29.7 Å². The average Bonchev–Trinajstić information content (AvgIpc) is 2.98. The summed E-state index contributed by atoms with van der Waals surface area (Å²) in [5.74, 6) is -0.671. The summed E-state index contributed by atoms with van der Waals surface area (Å²) in [6.45, 7) is 3.58. The Morgan fingerprint density at radius 1 is 1.14 bits per heavy atom. The smallest absolute Gasteiger partial charge is 0.285 e. The molecule has 9 heteroatoms. The van der Waals surface area contributed by atoms with Gasteiger partial charge in [0.1, 0.15) is 6.54 Å². The van der Waals surface area contributed by atoms with Crippen LogP contribution in [0, 0.1) is 0 Å². The molecule has 2 N–H and O–H groups in total. The number of hydrogen-bond acceptors (Lipinski definition) is 5. The summed E-state index contributed by atoms with van der Waals surface area (Å²) in [7, 11) is -3.71. The molecule has 1 aromatic heterocycles. The quantitative estimate of drug-likeness (QED) is 0.591. The maximum Gasteiger partial charge on any atom is 0.285 e. The molecule has 0 aliphatic carbocycles. The fourth-order valence-corrected chi connectivity index (χ4v) is 3.75. The van der Waals surface area contributed by atoms with Gasteiger partial charge in [-0.2, -0.15) is 0 Å². The number of nitrogens with zero attached hydrogens (tertiary/aromatic N) is 3. The molecular formula is C20H22N4O4S. The van der Waals surface area contributed by atoms with Gasteiger partial charge in [0.15, 0.2) is 5.69 Å². The number of sulfonamides is 1. The second-order valence-electron chi connectivity index (χ2n) is 6.98. The number of aromatic nitrogens is 1. The molecule has 0 unspecified atom stereocenters. The fraction of sp³-hybridized carbons (Fsp3) is 0.250. The van der Waals surface area contributed by atoms with Gasteiger partial charge in [0.05, 0.1) is 17.5 Å². The number of hydrogen-bond donors (Lipinski definition) is 2. The van der Waals surface area contributed by atoms with E-state index in [0.717, 1.165) is 16.1 Å². The number of fused-ring (bicyclic) bond motifs is 1. The molecule has 1 heterocycles. The number of nitrogens with one attached hydrogen (secondary N) is 1. The third-order valence-electron chi connectivity index (χ3n) is 4.45. The predicted molar refractivity (Wildman–Crippen MR) is 112 cm³/mol. The Balaban J connectivity index is 1.83.